The van der Waals surface area contributed by atoms with Gasteiger partial charge in [0.1, 0.15) is 0 Å². The van der Waals surface area contributed by atoms with Gasteiger partial charge in [0.05, 0.1) is 13.0 Å². The largest absolute Gasteiger partial charge is 0.466 e. The molecule has 0 spiro atoms. The lowest BCUT2D eigenvalue weighted by atomic mass is 10.0. The molecule has 0 N–H and O–H groups in total. The van der Waals surface area contributed by atoms with E-state index in [9.17, 15) is 4.79 Å². The second-order valence-electron chi connectivity index (χ2n) is 4.20. The van der Waals surface area contributed by atoms with Crippen LogP contribution < -0.4 is 0 Å². The van der Waals surface area contributed by atoms with Crippen molar-refractivity contribution in [2.45, 2.75) is 65.7 Å². The Morgan fingerprint density at radius 1 is 1.06 bits per heavy atom. The van der Waals surface area contributed by atoms with E-state index < -0.39 is 0 Å². The van der Waals surface area contributed by atoms with Crippen LogP contribution in [0, 0.1) is 0 Å². The normalized spacial score (nSPS) is 10.1. The van der Waals surface area contributed by atoms with Crippen molar-refractivity contribution in [2.24, 2.45) is 0 Å². The van der Waals surface area contributed by atoms with Gasteiger partial charge in [-0.3, -0.25) is 4.79 Å². The van der Waals surface area contributed by atoms with Gasteiger partial charge < -0.3 is 4.74 Å². The Morgan fingerprint density at radius 2 is 1.59 bits per heavy atom. The van der Waals surface area contributed by atoms with E-state index in [-0.39, 0.29) is 12.4 Å². The Kier molecular flexibility index (Phi) is 10.3. The molecule has 0 aliphatic rings. The molecule has 0 fully saturated rings. The number of esters is 1. The van der Waals surface area contributed by atoms with E-state index in [1.165, 1.54) is 5.57 Å². The maximum absolute atomic E-state index is 11.4. The van der Waals surface area contributed by atoms with Crippen LogP contribution in [-0.4, -0.2) is 12.6 Å². The standard InChI is InChI=1S/C14H25ClO2/c1-4-7-9-12(10-8-5-2)13(15)11-14(16)17-6-3/h4-11H2,1-3H3. The van der Waals surface area contributed by atoms with Crippen LogP contribution in [0.5, 0.6) is 0 Å². The molecule has 0 saturated carbocycles. The molecule has 100 valence electrons. The lowest BCUT2D eigenvalue weighted by molar-refractivity contribution is -0.142. The Labute approximate surface area is 110 Å². The van der Waals surface area contributed by atoms with Crippen LogP contribution in [0.1, 0.15) is 65.7 Å². The summed E-state index contributed by atoms with van der Waals surface area (Å²) in [5.41, 5.74) is 1.24. The lowest BCUT2D eigenvalue weighted by Crippen LogP contribution is -2.04. The van der Waals surface area contributed by atoms with Crippen LogP contribution in [-0.2, 0) is 9.53 Å². The summed E-state index contributed by atoms with van der Waals surface area (Å²) in [6, 6.07) is 0. The third-order valence-electron chi connectivity index (χ3n) is 2.65. The van der Waals surface area contributed by atoms with Gasteiger partial charge in [-0.25, -0.2) is 0 Å². The van der Waals surface area contributed by atoms with Crippen LogP contribution >= 0.6 is 11.6 Å². The molecule has 0 aromatic heterocycles. The molecule has 0 bridgehead atoms. The second-order valence-corrected chi connectivity index (χ2v) is 4.65. The average molecular weight is 261 g/mol. The molecule has 3 heteroatoms. The minimum absolute atomic E-state index is 0.219. The zero-order valence-corrected chi connectivity index (χ0v) is 12.1. The van der Waals surface area contributed by atoms with Crippen molar-refractivity contribution in [1.29, 1.82) is 0 Å². The first-order valence-electron chi connectivity index (χ1n) is 6.67. The van der Waals surface area contributed by atoms with Crippen molar-refractivity contribution in [2.75, 3.05) is 6.61 Å². The molecule has 0 unspecified atom stereocenters. The minimum atomic E-state index is -0.219. The lowest BCUT2D eigenvalue weighted by Gasteiger charge is -2.10. The summed E-state index contributed by atoms with van der Waals surface area (Å²) in [4.78, 5) is 11.4. The summed E-state index contributed by atoms with van der Waals surface area (Å²) in [7, 11) is 0. The van der Waals surface area contributed by atoms with Crippen molar-refractivity contribution in [1.82, 2.24) is 0 Å². The van der Waals surface area contributed by atoms with Crippen molar-refractivity contribution < 1.29 is 9.53 Å². The molecule has 0 radical (unpaired) electrons. The fourth-order valence-corrected chi connectivity index (χ4v) is 1.94. The first-order chi connectivity index (χ1) is 8.15. The smallest absolute Gasteiger partial charge is 0.311 e. The van der Waals surface area contributed by atoms with E-state index in [0.29, 0.717) is 11.6 Å². The fourth-order valence-electron chi connectivity index (χ4n) is 1.64. The van der Waals surface area contributed by atoms with Gasteiger partial charge in [-0.05, 0) is 32.6 Å². The Bertz CT molecular complexity index is 237. The van der Waals surface area contributed by atoms with Crippen molar-refractivity contribution in [3.63, 3.8) is 0 Å². The number of carbonyl (C=O) groups is 1. The average Bonchev–Trinajstić information content (AvgIpc) is 2.29. The van der Waals surface area contributed by atoms with Crippen LogP contribution in [0.2, 0.25) is 0 Å². The second kappa shape index (κ2) is 10.6. The predicted molar refractivity (Wildman–Crippen MR) is 73.2 cm³/mol. The third-order valence-corrected chi connectivity index (χ3v) is 3.05. The van der Waals surface area contributed by atoms with Gasteiger partial charge in [0.15, 0.2) is 0 Å². The van der Waals surface area contributed by atoms with Crippen molar-refractivity contribution in [3.8, 4) is 0 Å². The van der Waals surface area contributed by atoms with Crippen LogP contribution in [0.25, 0.3) is 0 Å². The highest BCUT2D eigenvalue weighted by molar-refractivity contribution is 6.31. The van der Waals surface area contributed by atoms with Gasteiger partial charge in [0.2, 0.25) is 0 Å². The van der Waals surface area contributed by atoms with E-state index in [4.69, 9.17) is 16.3 Å². The summed E-state index contributed by atoms with van der Waals surface area (Å²) < 4.78 is 4.91. The fraction of sp³-hybridized carbons (Fsp3) is 0.786. The minimum Gasteiger partial charge on any atom is -0.466 e. The summed E-state index contributed by atoms with van der Waals surface area (Å²) in [6.45, 7) is 6.56. The summed E-state index contributed by atoms with van der Waals surface area (Å²) in [6.07, 6.45) is 6.83. The van der Waals surface area contributed by atoms with Crippen molar-refractivity contribution >= 4 is 17.6 Å². The van der Waals surface area contributed by atoms with Gasteiger partial charge in [0.25, 0.3) is 0 Å². The third kappa shape index (κ3) is 8.25. The van der Waals surface area contributed by atoms with Gasteiger partial charge in [0, 0.05) is 5.03 Å². The molecule has 0 aliphatic heterocycles. The van der Waals surface area contributed by atoms with E-state index in [0.717, 1.165) is 38.5 Å². The van der Waals surface area contributed by atoms with Gasteiger partial charge in [-0.15, -0.1) is 0 Å². The predicted octanol–water partition coefficient (Wildman–Crippen LogP) is 4.81. The monoisotopic (exact) mass is 260 g/mol. The van der Waals surface area contributed by atoms with E-state index >= 15 is 0 Å². The number of unbranched alkanes of at least 4 members (excludes halogenated alkanes) is 2. The van der Waals surface area contributed by atoms with E-state index in [2.05, 4.69) is 13.8 Å². The number of allylic oxidation sites excluding steroid dienone is 1. The molecule has 0 aromatic carbocycles. The molecule has 0 aliphatic carbocycles. The molecule has 0 heterocycles. The summed E-state index contributed by atoms with van der Waals surface area (Å²) >= 11 is 6.23. The number of carbonyl (C=O) groups excluding carboxylic acids is 1. The van der Waals surface area contributed by atoms with E-state index in [1.54, 1.807) is 0 Å². The molecule has 0 rings (SSSR count). The molecule has 0 aromatic rings. The number of hydrogen-bond acceptors (Lipinski definition) is 2. The Hall–Kier alpha value is -0.500. The maximum Gasteiger partial charge on any atom is 0.311 e. The Balaban J connectivity index is 4.40. The summed E-state index contributed by atoms with van der Waals surface area (Å²) in [5.74, 6) is -0.219. The van der Waals surface area contributed by atoms with Gasteiger partial charge in [-0.1, -0.05) is 43.9 Å². The molecule has 0 amide bonds. The number of hydrogen-bond donors (Lipinski definition) is 0. The molecule has 17 heavy (non-hydrogen) atoms. The highest BCUT2D eigenvalue weighted by Crippen LogP contribution is 2.24. The molecule has 0 atom stereocenters. The molecular formula is C14H25ClO2. The van der Waals surface area contributed by atoms with E-state index in [1.807, 2.05) is 6.92 Å². The summed E-state index contributed by atoms with van der Waals surface area (Å²) in [5, 5.41) is 0.699. The van der Waals surface area contributed by atoms with Crippen LogP contribution in [0.3, 0.4) is 0 Å². The number of rotatable bonds is 9. The maximum atomic E-state index is 11.4. The zero-order valence-electron chi connectivity index (χ0n) is 11.4. The highest BCUT2D eigenvalue weighted by Gasteiger charge is 2.10. The van der Waals surface area contributed by atoms with Crippen LogP contribution in [0.4, 0.5) is 0 Å². The first-order valence-corrected chi connectivity index (χ1v) is 7.05. The zero-order chi connectivity index (χ0) is 13.1. The topological polar surface area (TPSA) is 26.3 Å². The SMILES string of the molecule is CCCCC(CCCC)=C(Cl)CC(=O)OCC. The number of ether oxygens (including phenoxy) is 1. The van der Waals surface area contributed by atoms with Gasteiger partial charge in [-0.2, -0.15) is 0 Å². The molecule has 2 nitrogen and oxygen atoms in total. The first kappa shape index (κ1) is 16.5. The highest BCUT2D eigenvalue weighted by atomic mass is 35.5. The Morgan fingerprint density at radius 3 is 2.00 bits per heavy atom. The van der Waals surface area contributed by atoms with Gasteiger partial charge >= 0.3 is 5.97 Å². The quantitative estimate of drug-likeness (QED) is 0.556. The molecule has 0 saturated heterocycles. The van der Waals surface area contributed by atoms with Crippen molar-refractivity contribution in [3.05, 3.63) is 10.6 Å². The molecular weight excluding hydrogens is 236 g/mol. The van der Waals surface area contributed by atoms with Crippen LogP contribution in [0.15, 0.2) is 10.6 Å². The number of halogens is 1.